The molecule has 1 rings (SSSR count). The minimum absolute atomic E-state index is 0.0800. The molecule has 1 aliphatic heterocycles. The Morgan fingerprint density at radius 3 is 3.00 bits per heavy atom. The lowest BCUT2D eigenvalue weighted by molar-refractivity contribution is -0.0268. The minimum atomic E-state index is 0.0800. The summed E-state index contributed by atoms with van der Waals surface area (Å²) < 4.78 is 5.40. The standard InChI is InChI=1S/C9H16N2O/c1-3-9(6-10)11-4-5-12-8(2)7-11/h8-9H,3-5,7H2,1-2H3. The monoisotopic (exact) mass is 168 g/mol. The second-order valence-electron chi connectivity index (χ2n) is 3.23. The molecule has 0 spiro atoms. The fourth-order valence-corrected chi connectivity index (χ4v) is 1.56. The van der Waals surface area contributed by atoms with Crippen LogP contribution in [0.4, 0.5) is 0 Å². The first-order valence-corrected chi connectivity index (χ1v) is 4.53. The maximum absolute atomic E-state index is 8.83. The highest BCUT2D eigenvalue weighted by molar-refractivity contribution is 4.92. The summed E-state index contributed by atoms with van der Waals surface area (Å²) in [5, 5.41) is 8.83. The van der Waals surface area contributed by atoms with E-state index in [4.69, 9.17) is 10.00 Å². The molecule has 68 valence electrons. The van der Waals surface area contributed by atoms with Crippen LogP contribution in [-0.4, -0.2) is 36.7 Å². The van der Waals surface area contributed by atoms with Crippen LogP contribution in [0.25, 0.3) is 0 Å². The Bertz CT molecular complexity index is 176. The van der Waals surface area contributed by atoms with Gasteiger partial charge in [-0.2, -0.15) is 5.26 Å². The van der Waals surface area contributed by atoms with Gasteiger partial charge in [-0.1, -0.05) is 6.92 Å². The summed E-state index contributed by atoms with van der Waals surface area (Å²) in [6.45, 7) is 6.66. The summed E-state index contributed by atoms with van der Waals surface area (Å²) in [6, 6.07) is 2.39. The van der Waals surface area contributed by atoms with E-state index in [9.17, 15) is 0 Å². The Balaban J connectivity index is 2.45. The van der Waals surface area contributed by atoms with Gasteiger partial charge in [0, 0.05) is 13.1 Å². The Morgan fingerprint density at radius 2 is 2.50 bits per heavy atom. The van der Waals surface area contributed by atoms with E-state index in [1.54, 1.807) is 0 Å². The van der Waals surface area contributed by atoms with Crippen LogP contribution in [0.2, 0.25) is 0 Å². The first-order chi connectivity index (χ1) is 5.77. The number of morpholine rings is 1. The smallest absolute Gasteiger partial charge is 0.0976 e. The lowest BCUT2D eigenvalue weighted by atomic mass is 10.2. The third-order valence-electron chi connectivity index (χ3n) is 2.25. The molecule has 1 saturated heterocycles. The molecule has 2 unspecified atom stereocenters. The molecule has 0 aromatic carbocycles. The zero-order valence-corrected chi connectivity index (χ0v) is 7.79. The fourth-order valence-electron chi connectivity index (χ4n) is 1.56. The molecule has 0 aromatic rings. The van der Waals surface area contributed by atoms with Gasteiger partial charge < -0.3 is 4.74 Å². The summed E-state index contributed by atoms with van der Waals surface area (Å²) in [7, 11) is 0. The zero-order valence-electron chi connectivity index (χ0n) is 7.79. The van der Waals surface area contributed by atoms with Crippen LogP contribution in [0.1, 0.15) is 20.3 Å². The van der Waals surface area contributed by atoms with E-state index >= 15 is 0 Å². The Labute approximate surface area is 73.9 Å². The van der Waals surface area contributed by atoms with Crippen LogP contribution in [0, 0.1) is 11.3 Å². The van der Waals surface area contributed by atoms with Crippen molar-refractivity contribution in [2.24, 2.45) is 0 Å². The normalized spacial score (nSPS) is 27.9. The molecule has 0 N–H and O–H groups in total. The molecular formula is C9H16N2O. The number of hydrogen-bond acceptors (Lipinski definition) is 3. The van der Waals surface area contributed by atoms with Crippen LogP contribution < -0.4 is 0 Å². The summed E-state index contributed by atoms with van der Waals surface area (Å²) in [4.78, 5) is 2.20. The van der Waals surface area contributed by atoms with Crippen molar-refractivity contribution >= 4 is 0 Å². The van der Waals surface area contributed by atoms with Crippen LogP contribution in [-0.2, 0) is 4.74 Å². The molecule has 0 saturated carbocycles. The highest BCUT2D eigenvalue weighted by atomic mass is 16.5. The second-order valence-corrected chi connectivity index (χ2v) is 3.23. The second kappa shape index (κ2) is 4.44. The Kier molecular flexibility index (Phi) is 3.51. The maximum Gasteiger partial charge on any atom is 0.0976 e. The number of nitrogens with zero attached hydrogens (tertiary/aromatic N) is 2. The first-order valence-electron chi connectivity index (χ1n) is 4.53. The van der Waals surface area contributed by atoms with Crippen molar-refractivity contribution in [2.45, 2.75) is 32.4 Å². The highest BCUT2D eigenvalue weighted by Crippen LogP contribution is 2.10. The van der Waals surface area contributed by atoms with Gasteiger partial charge in [0.2, 0.25) is 0 Å². The molecule has 0 aromatic heterocycles. The molecular weight excluding hydrogens is 152 g/mol. The number of hydrogen-bond donors (Lipinski definition) is 0. The van der Waals surface area contributed by atoms with Gasteiger partial charge in [-0.05, 0) is 13.3 Å². The first kappa shape index (κ1) is 9.50. The van der Waals surface area contributed by atoms with Crippen LogP contribution in [0.5, 0.6) is 0 Å². The van der Waals surface area contributed by atoms with E-state index in [0.717, 1.165) is 26.1 Å². The van der Waals surface area contributed by atoms with Crippen molar-refractivity contribution in [3.05, 3.63) is 0 Å². The molecule has 3 nitrogen and oxygen atoms in total. The summed E-state index contributed by atoms with van der Waals surface area (Å²) in [5.74, 6) is 0. The van der Waals surface area contributed by atoms with Crippen molar-refractivity contribution in [2.75, 3.05) is 19.7 Å². The van der Waals surface area contributed by atoms with Gasteiger partial charge >= 0.3 is 0 Å². The largest absolute Gasteiger partial charge is 0.376 e. The van der Waals surface area contributed by atoms with E-state index in [0.29, 0.717) is 0 Å². The SMILES string of the molecule is CCC(C#N)N1CCOC(C)C1. The number of nitriles is 1. The molecule has 1 fully saturated rings. The average Bonchev–Trinajstić information content (AvgIpc) is 2.07. The van der Waals surface area contributed by atoms with Gasteiger partial charge in [0.15, 0.2) is 0 Å². The predicted molar refractivity (Wildman–Crippen MR) is 46.7 cm³/mol. The van der Waals surface area contributed by atoms with Gasteiger partial charge in [0.25, 0.3) is 0 Å². The van der Waals surface area contributed by atoms with Gasteiger partial charge in [0.1, 0.15) is 0 Å². The molecule has 0 radical (unpaired) electrons. The van der Waals surface area contributed by atoms with E-state index in [2.05, 4.69) is 17.9 Å². The third kappa shape index (κ3) is 2.20. The van der Waals surface area contributed by atoms with Crippen molar-refractivity contribution in [3.8, 4) is 6.07 Å². The van der Waals surface area contributed by atoms with Gasteiger partial charge in [0.05, 0.1) is 24.8 Å². The van der Waals surface area contributed by atoms with Crippen LogP contribution in [0.15, 0.2) is 0 Å². The van der Waals surface area contributed by atoms with Crippen molar-refractivity contribution in [1.82, 2.24) is 4.90 Å². The van der Waals surface area contributed by atoms with Crippen LogP contribution >= 0.6 is 0 Å². The van der Waals surface area contributed by atoms with E-state index in [-0.39, 0.29) is 12.1 Å². The predicted octanol–water partition coefficient (Wildman–Crippen LogP) is 1.01. The van der Waals surface area contributed by atoms with Gasteiger partial charge in [-0.15, -0.1) is 0 Å². The summed E-state index contributed by atoms with van der Waals surface area (Å²) in [5.41, 5.74) is 0. The Morgan fingerprint density at radius 1 is 1.75 bits per heavy atom. The summed E-state index contributed by atoms with van der Waals surface area (Å²) >= 11 is 0. The van der Waals surface area contributed by atoms with Crippen molar-refractivity contribution < 1.29 is 4.74 Å². The molecule has 12 heavy (non-hydrogen) atoms. The van der Waals surface area contributed by atoms with Gasteiger partial charge in [-0.3, -0.25) is 4.90 Å². The number of ether oxygens (including phenoxy) is 1. The molecule has 0 amide bonds. The lowest BCUT2D eigenvalue weighted by Gasteiger charge is -2.33. The summed E-state index contributed by atoms with van der Waals surface area (Å²) in [6.07, 6.45) is 1.18. The molecule has 1 heterocycles. The molecule has 0 aliphatic carbocycles. The lowest BCUT2D eigenvalue weighted by Crippen LogP contribution is -2.46. The van der Waals surface area contributed by atoms with E-state index in [1.807, 2.05) is 6.92 Å². The topological polar surface area (TPSA) is 36.3 Å². The van der Waals surface area contributed by atoms with E-state index in [1.165, 1.54) is 0 Å². The molecule has 1 aliphatic rings. The van der Waals surface area contributed by atoms with Gasteiger partial charge in [-0.25, -0.2) is 0 Å². The van der Waals surface area contributed by atoms with E-state index < -0.39 is 0 Å². The van der Waals surface area contributed by atoms with Crippen LogP contribution in [0.3, 0.4) is 0 Å². The fraction of sp³-hybridized carbons (Fsp3) is 0.889. The zero-order chi connectivity index (χ0) is 8.97. The van der Waals surface area contributed by atoms with Crippen molar-refractivity contribution in [3.63, 3.8) is 0 Å². The molecule has 3 heteroatoms. The quantitative estimate of drug-likeness (QED) is 0.617. The molecule has 0 bridgehead atoms. The number of rotatable bonds is 2. The van der Waals surface area contributed by atoms with Crippen molar-refractivity contribution in [1.29, 1.82) is 5.26 Å². The minimum Gasteiger partial charge on any atom is -0.376 e. The average molecular weight is 168 g/mol. The third-order valence-corrected chi connectivity index (χ3v) is 2.25. The Hall–Kier alpha value is -0.590. The molecule has 2 atom stereocenters. The highest BCUT2D eigenvalue weighted by Gasteiger charge is 2.22. The maximum atomic E-state index is 8.83.